The number of rotatable bonds is 1. The molecule has 2 aromatic rings. The lowest BCUT2D eigenvalue weighted by molar-refractivity contribution is 0.472. The molecule has 0 aliphatic carbocycles. The summed E-state index contributed by atoms with van der Waals surface area (Å²) in [4.78, 5) is 0. The number of benzene rings is 1. The second-order valence-electron chi connectivity index (χ2n) is 2.67. The molecule has 0 saturated heterocycles. The standard InChI is InChI=1S/C9H6Br2OS/c10-4-5-3-7(12)8(11)6-1-2-13-9(5)6/h1-3,12H,4H2. The maximum absolute atomic E-state index is 9.58. The van der Waals surface area contributed by atoms with Gasteiger partial charge in [0.1, 0.15) is 5.75 Å². The molecule has 1 nitrogen and oxygen atoms in total. The summed E-state index contributed by atoms with van der Waals surface area (Å²) in [5.74, 6) is 0.306. The molecule has 0 fully saturated rings. The molecule has 1 aromatic carbocycles. The molecule has 0 aliphatic heterocycles. The zero-order valence-electron chi connectivity index (χ0n) is 6.55. The van der Waals surface area contributed by atoms with Crippen molar-refractivity contribution in [1.29, 1.82) is 0 Å². The van der Waals surface area contributed by atoms with Gasteiger partial charge in [0.2, 0.25) is 0 Å². The second kappa shape index (κ2) is 3.59. The second-order valence-corrected chi connectivity index (χ2v) is 4.94. The van der Waals surface area contributed by atoms with Crippen molar-refractivity contribution in [2.24, 2.45) is 0 Å². The third-order valence-corrected chi connectivity index (χ3v) is 4.30. The number of phenols is 1. The Morgan fingerprint density at radius 2 is 2.23 bits per heavy atom. The maximum Gasteiger partial charge on any atom is 0.130 e. The van der Waals surface area contributed by atoms with Crippen LogP contribution in [0.3, 0.4) is 0 Å². The fourth-order valence-electron chi connectivity index (χ4n) is 1.26. The predicted octanol–water partition coefficient (Wildman–Crippen LogP) is 4.26. The van der Waals surface area contributed by atoms with Gasteiger partial charge in [-0.2, -0.15) is 0 Å². The monoisotopic (exact) mass is 320 g/mol. The molecule has 0 bridgehead atoms. The maximum atomic E-state index is 9.58. The molecule has 0 unspecified atom stereocenters. The van der Waals surface area contributed by atoms with Crippen molar-refractivity contribution in [2.45, 2.75) is 5.33 Å². The van der Waals surface area contributed by atoms with E-state index in [9.17, 15) is 5.11 Å². The van der Waals surface area contributed by atoms with Gasteiger partial charge in [0, 0.05) is 15.4 Å². The summed E-state index contributed by atoms with van der Waals surface area (Å²) < 4.78 is 2.01. The Kier molecular flexibility index (Phi) is 2.62. The van der Waals surface area contributed by atoms with Crippen LogP contribution < -0.4 is 0 Å². The highest BCUT2D eigenvalue weighted by Gasteiger charge is 2.09. The topological polar surface area (TPSA) is 20.2 Å². The van der Waals surface area contributed by atoms with Crippen molar-refractivity contribution >= 4 is 53.3 Å². The summed E-state index contributed by atoms with van der Waals surface area (Å²) >= 11 is 8.46. The summed E-state index contributed by atoms with van der Waals surface area (Å²) in [7, 11) is 0. The van der Waals surface area contributed by atoms with Crippen molar-refractivity contribution < 1.29 is 5.11 Å². The summed E-state index contributed by atoms with van der Waals surface area (Å²) in [6.07, 6.45) is 0. The molecule has 4 heteroatoms. The van der Waals surface area contributed by atoms with E-state index in [0.717, 1.165) is 20.8 Å². The van der Waals surface area contributed by atoms with Crippen LogP contribution >= 0.6 is 43.2 Å². The highest BCUT2D eigenvalue weighted by atomic mass is 79.9. The van der Waals surface area contributed by atoms with Gasteiger partial charge in [-0.05, 0) is 39.0 Å². The van der Waals surface area contributed by atoms with E-state index < -0.39 is 0 Å². The van der Waals surface area contributed by atoms with E-state index in [2.05, 4.69) is 31.9 Å². The van der Waals surface area contributed by atoms with E-state index in [1.807, 2.05) is 11.4 Å². The van der Waals surface area contributed by atoms with Crippen LogP contribution in [0.2, 0.25) is 0 Å². The Bertz CT molecular complexity index is 450. The van der Waals surface area contributed by atoms with Crippen molar-refractivity contribution in [2.75, 3.05) is 0 Å². The van der Waals surface area contributed by atoms with Crippen LogP contribution in [0.15, 0.2) is 22.0 Å². The zero-order chi connectivity index (χ0) is 9.42. The number of phenolic OH excluding ortho intramolecular Hbond substituents is 1. The molecule has 13 heavy (non-hydrogen) atoms. The van der Waals surface area contributed by atoms with Gasteiger partial charge < -0.3 is 5.11 Å². The van der Waals surface area contributed by atoms with Crippen LogP contribution in [0.5, 0.6) is 5.75 Å². The average Bonchev–Trinajstić information content (AvgIpc) is 2.60. The number of halogens is 2. The largest absolute Gasteiger partial charge is 0.507 e. The van der Waals surface area contributed by atoms with Gasteiger partial charge in [-0.25, -0.2) is 0 Å². The first-order valence-corrected chi connectivity index (χ1v) is 6.47. The molecule has 1 heterocycles. The summed E-state index contributed by atoms with van der Waals surface area (Å²) in [6, 6.07) is 3.80. The minimum Gasteiger partial charge on any atom is -0.507 e. The third-order valence-electron chi connectivity index (χ3n) is 1.87. The van der Waals surface area contributed by atoms with E-state index in [0.29, 0.717) is 5.75 Å². The molecule has 2 rings (SSSR count). The molecule has 0 aliphatic rings. The molecule has 0 radical (unpaired) electrons. The molecular weight excluding hydrogens is 316 g/mol. The highest BCUT2D eigenvalue weighted by molar-refractivity contribution is 9.10. The van der Waals surface area contributed by atoms with Gasteiger partial charge in [-0.3, -0.25) is 0 Å². The Morgan fingerprint density at radius 3 is 2.92 bits per heavy atom. The van der Waals surface area contributed by atoms with Gasteiger partial charge in [0.05, 0.1) is 4.47 Å². The van der Waals surface area contributed by atoms with Crippen LogP contribution in [0.1, 0.15) is 5.56 Å². The van der Waals surface area contributed by atoms with Gasteiger partial charge in [-0.1, -0.05) is 15.9 Å². The lowest BCUT2D eigenvalue weighted by Crippen LogP contribution is -1.79. The molecule has 68 valence electrons. The highest BCUT2D eigenvalue weighted by Crippen LogP contribution is 2.38. The SMILES string of the molecule is Oc1cc(CBr)c2sccc2c1Br. The number of alkyl halides is 1. The van der Waals surface area contributed by atoms with Crippen LogP contribution in [0.4, 0.5) is 0 Å². The van der Waals surface area contributed by atoms with Gasteiger partial charge in [0.15, 0.2) is 0 Å². The Balaban J connectivity index is 2.87. The minimum absolute atomic E-state index is 0.306. The first kappa shape index (κ1) is 9.49. The van der Waals surface area contributed by atoms with Crippen molar-refractivity contribution in [3.63, 3.8) is 0 Å². The minimum atomic E-state index is 0.306. The average molecular weight is 322 g/mol. The Hall–Kier alpha value is -0.0600. The van der Waals surface area contributed by atoms with E-state index in [1.165, 1.54) is 4.70 Å². The normalized spacial score (nSPS) is 10.9. The van der Waals surface area contributed by atoms with Gasteiger partial charge in [0.25, 0.3) is 0 Å². The lowest BCUT2D eigenvalue weighted by atomic mass is 10.2. The van der Waals surface area contributed by atoms with Gasteiger partial charge in [-0.15, -0.1) is 11.3 Å². The molecule has 0 atom stereocenters. The number of thiophene rings is 1. The summed E-state index contributed by atoms with van der Waals surface area (Å²) in [5.41, 5.74) is 1.13. The first-order valence-electron chi connectivity index (χ1n) is 3.67. The number of fused-ring (bicyclic) bond motifs is 1. The van der Waals surface area contributed by atoms with Crippen molar-refractivity contribution in [1.82, 2.24) is 0 Å². The Labute approximate surface area is 96.6 Å². The van der Waals surface area contributed by atoms with E-state index in [-0.39, 0.29) is 0 Å². The zero-order valence-corrected chi connectivity index (χ0v) is 10.5. The Morgan fingerprint density at radius 1 is 1.46 bits per heavy atom. The summed E-state index contributed by atoms with van der Waals surface area (Å²) in [5, 5.41) is 13.5. The van der Waals surface area contributed by atoms with E-state index >= 15 is 0 Å². The molecule has 1 aromatic heterocycles. The molecule has 1 N–H and O–H groups in total. The quantitative estimate of drug-likeness (QED) is 0.778. The third kappa shape index (κ3) is 1.51. The van der Waals surface area contributed by atoms with E-state index in [1.54, 1.807) is 17.4 Å². The fourth-order valence-corrected chi connectivity index (χ4v) is 3.39. The van der Waals surface area contributed by atoms with Crippen LogP contribution in [-0.4, -0.2) is 5.11 Å². The smallest absolute Gasteiger partial charge is 0.130 e. The first-order chi connectivity index (χ1) is 6.24. The fraction of sp³-hybridized carbons (Fsp3) is 0.111. The van der Waals surface area contributed by atoms with Crippen molar-refractivity contribution in [3.05, 3.63) is 27.5 Å². The predicted molar refractivity (Wildman–Crippen MR) is 63.8 cm³/mol. The van der Waals surface area contributed by atoms with Crippen LogP contribution in [0.25, 0.3) is 10.1 Å². The van der Waals surface area contributed by atoms with E-state index in [4.69, 9.17) is 0 Å². The number of hydrogen-bond donors (Lipinski definition) is 1. The molecule has 0 spiro atoms. The van der Waals surface area contributed by atoms with Crippen molar-refractivity contribution in [3.8, 4) is 5.75 Å². The molecule has 0 amide bonds. The molecule has 0 saturated carbocycles. The number of hydrogen-bond acceptors (Lipinski definition) is 2. The molecular formula is C9H6Br2OS. The lowest BCUT2D eigenvalue weighted by Gasteiger charge is -2.03. The number of aromatic hydroxyl groups is 1. The van der Waals surface area contributed by atoms with Gasteiger partial charge >= 0.3 is 0 Å². The summed E-state index contributed by atoms with van der Waals surface area (Å²) in [6.45, 7) is 0. The van der Waals surface area contributed by atoms with Crippen LogP contribution in [-0.2, 0) is 5.33 Å². The van der Waals surface area contributed by atoms with Crippen LogP contribution in [0, 0.1) is 0 Å².